The SMILES string of the molecule is C=C[C@@H](c1ccc(C(C)(C)C)cc1)N1CCNCC1.Cl.Cl. The van der Waals surface area contributed by atoms with Crippen LogP contribution >= 0.6 is 24.8 Å². The Kier molecular flexibility index (Phi) is 8.57. The molecule has 0 spiro atoms. The first-order valence-corrected chi connectivity index (χ1v) is 7.20. The van der Waals surface area contributed by atoms with Crippen LogP contribution in [0.4, 0.5) is 0 Å². The average Bonchev–Trinajstić information content (AvgIpc) is 2.40. The quantitative estimate of drug-likeness (QED) is 0.844. The van der Waals surface area contributed by atoms with Crippen molar-refractivity contribution in [3.05, 3.63) is 48.0 Å². The Morgan fingerprint density at radius 1 is 1.10 bits per heavy atom. The fourth-order valence-corrected chi connectivity index (χ4v) is 2.64. The number of hydrogen-bond acceptors (Lipinski definition) is 2. The molecule has 0 aromatic heterocycles. The Morgan fingerprint density at radius 2 is 1.62 bits per heavy atom. The van der Waals surface area contributed by atoms with Crippen LogP contribution in [0.2, 0.25) is 0 Å². The molecule has 2 rings (SSSR count). The highest BCUT2D eigenvalue weighted by atomic mass is 35.5. The van der Waals surface area contributed by atoms with Crippen LogP contribution < -0.4 is 5.32 Å². The van der Waals surface area contributed by atoms with Crippen molar-refractivity contribution in [2.45, 2.75) is 32.2 Å². The van der Waals surface area contributed by atoms with Crippen LogP contribution in [-0.2, 0) is 5.41 Å². The second-order valence-electron chi connectivity index (χ2n) is 6.34. The highest BCUT2D eigenvalue weighted by Gasteiger charge is 2.20. The van der Waals surface area contributed by atoms with Gasteiger partial charge in [0.1, 0.15) is 0 Å². The second kappa shape index (κ2) is 8.79. The maximum atomic E-state index is 4.02. The van der Waals surface area contributed by atoms with Gasteiger partial charge in [-0.2, -0.15) is 0 Å². The van der Waals surface area contributed by atoms with Crippen LogP contribution in [0.15, 0.2) is 36.9 Å². The van der Waals surface area contributed by atoms with Crippen LogP contribution in [0.25, 0.3) is 0 Å². The molecule has 1 fully saturated rings. The van der Waals surface area contributed by atoms with Gasteiger partial charge < -0.3 is 5.32 Å². The summed E-state index contributed by atoms with van der Waals surface area (Å²) in [7, 11) is 0. The van der Waals surface area contributed by atoms with E-state index in [0.717, 1.165) is 26.2 Å². The molecule has 0 radical (unpaired) electrons. The van der Waals surface area contributed by atoms with Crippen LogP contribution in [0.1, 0.15) is 37.9 Å². The van der Waals surface area contributed by atoms with Crippen molar-refractivity contribution in [2.24, 2.45) is 0 Å². The first kappa shape index (κ1) is 20.5. The van der Waals surface area contributed by atoms with E-state index in [0.29, 0.717) is 6.04 Å². The van der Waals surface area contributed by atoms with E-state index in [2.05, 4.69) is 67.9 Å². The summed E-state index contributed by atoms with van der Waals surface area (Å²) in [5.41, 5.74) is 2.96. The normalized spacial score (nSPS) is 17.3. The summed E-state index contributed by atoms with van der Waals surface area (Å²) in [6, 6.07) is 9.38. The molecule has 21 heavy (non-hydrogen) atoms. The predicted molar refractivity (Wildman–Crippen MR) is 97.0 cm³/mol. The van der Waals surface area contributed by atoms with Crippen LogP contribution in [0, 0.1) is 0 Å². The summed E-state index contributed by atoms with van der Waals surface area (Å²) in [4.78, 5) is 2.50. The molecule has 0 unspecified atom stereocenters. The summed E-state index contributed by atoms with van der Waals surface area (Å²) in [5.74, 6) is 0. The van der Waals surface area contributed by atoms with Crippen molar-refractivity contribution in [1.29, 1.82) is 0 Å². The van der Waals surface area contributed by atoms with Gasteiger partial charge in [-0.1, -0.05) is 51.1 Å². The average molecular weight is 331 g/mol. The molecule has 120 valence electrons. The van der Waals surface area contributed by atoms with E-state index in [1.165, 1.54) is 11.1 Å². The molecule has 1 N–H and O–H groups in total. The van der Waals surface area contributed by atoms with Gasteiger partial charge >= 0.3 is 0 Å². The zero-order valence-electron chi connectivity index (χ0n) is 13.3. The van der Waals surface area contributed by atoms with E-state index < -0.39 is 0 Å². The Morgan fingerprint density at radius 3 is 2.05 bits per heavy atom. The third-order valence-electron chi connectivity index (χ3n) is 3.89. The largest absolute Gasteiger partial charge is 0.314 e. The lowest BCUT2D eigenvalue weighted by Gasteiger charge is -2.33. The lowest BCUT2D eigenvalue weighted by atomic mass is 9.86. The number of piperazine rings is 1. The standard InChI is InChI=1S/C17H26N2.2ClH/c1-5-16(19-12-10-18-11-13-19)14-6-8-15(9-7-14)17(2,3)4;;/h5-9,16,18H,1,10-13H2,2-4H3;2*1H/t16-;;/m0../s1. The lowest BCUT2D eigenvalue weighted by molar-refractivity contribution is 0.203. The molecule has 1 saturated heterocycles. The summed E-state index contributed by atoms with van der Waals surface area (Å²) >= 11 is 0. The van der Waals surface area contributed by atoms with Gasteiger partial charge in [-0.05, 0) is 16.5 Å². The van der Waals surface area contributed by atoms with E-state index in [1.54, 1.807) is 0 Å². The third kappa shape index (κ3) is 5.30. The maximum Gasteiger partial charge on any atom is 0.0529 e. The van der Waals surface area contributed by atoms with Gasteiger partial charge in [-0.3, -0.25) is 4.90 Å². The zero-order chi connectivity index (χ0) is 13.9. The molecule has 1 atom stereocenters. The molecule has 1 aromatic rings. The summed E-state index contributed by atoms with van der Waals surface area (Å²) in [6.07, 6.45) is 2.07. The van der Waals surface area contributed by atoms with Gasteiger partial charge in [-0.15, -0.1) is 31.4 Å². The zero-order valence-corrected chi connectivity index (χ0v) is 14.9. The minimum absolute atomic E-state index is 0. The number of nitrogens with zero attached hydrogens (tertiary/aromatic N) is 1. The van der Waals surface area contributed by atoms with Gasteiger partial charge in [0.05, 0.1) is 6.04 Å². The van der Waals surface area contributed by atoms with Gasteiger partial charge in [0.2, 0.25) is 0 Å². The van der Waals surface area contributed by atoms with Crippen LogP contribution in [0.3, 0.4) is 0 Å². The highest BCUT2D eigenvalue weighted by Crippen LogP contribution is 2.26. The van der Waals surface area contributed by atoms with Crippen LogP contribution in [-0.4, -0.2) is 31.1 Å². The van der Waals surface area contributed by atoms with Crippen molar-refractivity contribution >= 4 is 24.8 Å². The van der Waals surface area contributed by atoms with Gasteiger partial charge in [-0.25, -0.2) is 0 Å². The van der Waals surface area contributed by atoms with E-state index in [-0.39, 0.29) is 30.2 Å². The van der Waals surface area contributed by atoms with E-state index >= 15 is 0 Å². The summed E-state index contributed by atoms with van der Waals surface area (Å²) in [5, 5.41) is 3.40. The summed E-state index contributed by atoms with van der Waals surface area (Å²) < 4.78 is 0. The van der Waals surface area contributed by atoms with E-state index in [1.807, 2.05) is 0 Å². The fourth-order valence-electron chi connectivity index (χ4n) is 2.64. The number of benzene rings is 1. The van der Waals surface area contributed by atoms with Crippen molar-refractivity contribution in [3.8, 4) is 0 Å². The molecule has 0 saturated carbocycles. The molecule has 4 heteroatoms. The molecular formula is C17H28Cl2N2. The lowest BCUT2D eigenvalue weighted by Crippen LogP contribution is -2.44. The molecule has 0 amide bonds. The molecule has 2 nitrogen and oxygen atoms in total. The number of rotatable bonds is 3. The smallest absolute Gasteiger partial charge is 0.0529 e. The molecule has 0 aliphatic carbocycles. The van der Waals surface area contributed by atoms with Crippen LogP contribution in [0.5, 0.6) is 0 Å². The Balaban J connectivity index is 0.00000200. The Bertz CT molecular complexity index is 417. The molecule has 1 aliphatic heterocycles. The second-order valence-corrected chi connectivity index (χ2v) is 6.34. The third-order valence-corrected chi connectivity index (χ3v) is 3.89. The first-order valence-electron chi connectivity index (χ1n) is 7.20. The van der Waals surface area contributed by atoms with Crippen molar-refractivity contribution in [2.75, 3.05) is 26.2 Å². The van der Waals surface area contributed by atoms with Gasteiger partial charge in [0, 0.05) is 26.2 Å². The molecule has 0 bridgehead atoms. The van der Waals surface area contributed by atoms with E-state index in [4.69, 9.17) is 0 Å². The Labute approximate surface area is 141 Å². The topological polar surface area (TPSA) is 15.3 Å². The maximum absolute atomic E-state index is 4.02. The molecular weight excluding hydrogens is 303 g/mol. The van der Waals surface area contributed by atoms with Gasteiger partial charge in [0.25, 0.3) is 0 Å². The molecule has 1 aromatic carbocycles. The highest BCUT2D eigenvalue weighted by molar-refractivity contribution is 5.85. The minimum Gasteiger partial charge on any atom is -0.314 e. The minimum atomic E-state index is 0. The molecule has 1 heterocycles. The molecule has 1 aliphatic rings. The fraction of sp³-hybridized carbons (Fsp3) is 0.529. The van der Waals surface area contributed by atoms with Crippen molar-refractivity contribution in [1.82, 2.24) is 10.2 Å². The van der Waals surface area contributed by atoms with Gasteiger partial charge in [0.15, 0.2) is 0 Å². The first-order chi connectivity index (χ1) is 9.02. The number of halogens is 2. The Hall–Kier alpha value is -0.540. The van der Waals surface area contributed by atoms with E-state index in [9.17, 15) is 0 Å². The number of hydrogen-bond donors (Lipinski definition) is 1. The number of nitrogens with one attached hydrogen (secondary N) is 1. The summed E-state index contributed by atoms with van der Waals surface area (Å²) in [6.45, 7) is 15.1. The predicted octanol–water partition coefficient (Wildman–Crippen LogP) is 3.96. The monoisotopic (exact) mass is 330 g/mol. The van der Waals surface area contributed by atoms with Crippen molar-refractivity contribution < 1.29 is 0 Å². The van der Waals surface area contributed by atoms with Crippen molar-refractivity contribution in [3.63, 3.8) is 0 Å².